The normalized spacial score (nSPS) is 10.4. The zero-order chi connectivity index (χ0) is 21.7. The molecule has 0 saturated carbocycles. The molecule has 3 rings (SSSR count). The van der Waals surface area contributed by atoms with Gasteiger partial charge in [-0.3, -0.25) is 4.79 Å². The molecule has 0 unspecified atom stereocenters. The van der Waals surface area contributed by atoms with Crippen molar-refractivity contribution in [3.63, 3.8) is 0 Å². The van der Waals surface area contributed by atoms with Gasteiger partial charge in [0, 0.05) is 17.3 Å². The van der Waals surface area contributed by atoms with Crippen molar-refractivity contribution in [1.82, 2.24) is 9.78 Å². The van der Waals surface area contributed by atoms with Crippen LogP contribution in [0.1, 0.15) is 27.6 Å². The molecule has 9 nitrogen and oxygen atoms in total. The van der Waals surface area contributed by atoms with Crippen molar-refractivity contribution in [2.75, 3.05) is 31.9 Å². The van der Waals surface area contributed by atoms with Crippen molar-refractivity contribution in [3.05, 3.63) is 59.8 Å². The molecule has 2 aromatic carbocycles. The van der Waals surface area contributed by atoms with Gasteiger partial charge >= 0.3 is 5.97 Å². The number of nitrogens with two attached hydrogens (primary N) is 1. The highest BCUT2D eigenvalue weighted by Crippen LogP contribution is 2.30. The van der Waals surface area contributed by atoms with E-state index in [2.05, 4.69) is 10.4 Å². The number of carbonyl (C=O) groups excluding carboxylic acids is 2. The molecule has 3 aromatic rings. The molecule has 0 saturated heterocycles. The van der Waals surface area contributed by atoms with E-state index in [1.165, 1.54) is 18.0 Å². The van der Waals surface area contributed by atoms with Crippen molar-refractivity contribution >= 4 is 23.4 Å². The fourth-order valence-corrected chi connectivity index (χ4v) is 2.80. The molecule has 0 fully saturated rings. The van der Waals surface area contributed by atoms with Crippen molar-refractivity contribution in [2.24, 2.45) is 0 Å². The lowest BCUT2D eigenvalue weighted by molar-refractivity contribution is 0.0527. The van der Waals surface area contributed by atoms with Crippen molar-refractivity contribution in [3.8, 4) is 17.2 Å². The zero-order valence-electron chi connectivity index (χ0n) is 16.8. The summed E-state index contributed by atoms with van der Waals surface area (Å²) in [5, 5.41) is 6.94. The summed E-state index contributed by atoms with van der Waals surface area (Å²) in [4.78, 5) is 24.4. The Bertz CT molecular complexity index is 1060. The standard InChI is InChI=1S/C21H22N4O5/c1-4-30-21(27)16-12-23-25(19(16)22)15-8-5-13(6-9-15)20(26)24-14-7-10-17(28-2)18(11-14)29-3/h5-12H,4,22H2,1-3H3,(H,24,26). The molecular weight excluding hydrogens is 388 g/mol. The number of rotatable bonds is 7. The average Bonchev–Trinajstić information content (AvgIpc) is 3.15. The molecule has 9 heteroatoms. The third-order valence-electron chi connectivity index (χ3n) is 4.32. The van der Waals surface area contributed by atoms with Gasteiger partial charge in [0.2, 0.25) is 0 Å². The highest BCUT2D eigenvalue weighted by atomic mass is 16.5. The highest BCUT2D eigenvalue weighted by molar-refractivity contribution is 6.04. The molecule has 0 aliphatic carbocycles. The molecule has 3 N–H and O–H groups in total. The third kappa shape index (κ3) is 4.19. The quantitative estimate of drug-likeness (QED) is 0.575. The summed E-state index contributed by atoms with van der Waals surface area (Å²) in [5.74, 6) is 0.411. The Morgan fingerprint density at radius 3 is 2.40 bits per heavy atom. The van der Waals surface area contributed by atoms with Crippen LogP contribution in [0.15, 0.2) is 48.7 Å². The Hall–Kier alpha value is -4.01. The molecule has 0 spiro atoms. The molecule has 156 valence electrons. The first-order chi connectivity index (χ1) is 14.5. The average molecular weight is 410 g/mol. The lowest BCUT2D eigenvalue weighted by Crippen LogP contribution is -2.12. The first kappa shape index (κ1) is 20.7. The number of nitrogens with zero attached hydrogens (tertiary/aromatic N) is 2. The van der Waals surface area contributed by atoms with E-state index in [1.54, 1.807) is 56.5 Å². The topological polar surface area (TPSA) is 118 Å². The molecule has 30 heavy (non-hydrogen) atoms. The first-order valence-corrected chi connectivity index (χ1v) is 9.13. The van der Waals surface area contributed by atoms with E-state index in [1.807, 2.05) is 0 Å². The number of carbonyl (C=O) groups is 2. The Kier molecular flexibility index (Phi) is 6.21. The fourth-order valence-electron chi connectivity index (χ4n) is 2.80. The van der Waals surface area contributed by atoms with Crippen molar-refractivity contribution in [1.29, 1.82) is 0 Å². The minimum absolute atomic E-state index is 0.163. The van der Waals surface area contributed by atoms with E-state index in [9.17, 15) is 9.59 Å². The Morgan fingerprint density at radius 2 is 1.77 bits per heavy atom. The van der Waals surface area contributed by atoms with Crippen LogP contribution in [0.2, 0.25) is 0 Å². The Labute approximate surface area is 173 Å². The summed E-state index contributed by atoms with van der Waals surface area (Å²) in [6, 6.07) is 11.7. The molecule has 0 aliphatic heterocycles. The molecule has 0 radical (unpaired) electrons. The van der Waals surface area contributed by atoms with Gasteiger partial charge in [0.15, 0.2) is 11.5 Å². The number of nitrogens with one attached hydrogen (secondary N) is 1. The van der Waals surface area contributed by atoms with E-state index < -0.39 is 5.97 Å². The van der Waals surface area contributed by atoms with Crippen LogP contribution >= 0.6 is 0 Å². The molecular formula is C21H22N4O5. The molecule has 1 aromatic heterocycles. The predicted molar refractivity (Wildman–Crippen MR) is 111 cm³/mol. The second-order valence-corrected chi connectivity index (χ2v) is 6.15. The number of methoxy groups -OCH3 is 2. The van der Waals surface area contributed by atoms with Crippen LogP contribution in [0.3, 0.4) is 0 Å². The number of hydrogen-bond acceptors (Lipinski definition) is 7. The van der Waals surface area contributed by atoms with Gasteiger partial charge < -0.3 is 25.3 Å². The number of ether oxygens (including phenoxy) is 3. The van der Waals surface area contributed by atoms with Crippen LogP contribution in [0.5, 0.6) is 11.5 Å². The first-order valence-electron chi connectivity index (χ1n) is 9.13. The van der Waals surface area contributed by atoms with Gasteiger partial charge in [-0.25, -0.2) is 9.48 Å². The highest BCUT2D eigenvalue weighted by Gasteiger charge is 2.17. The van der Waals surface area contributed by atoms with Gasteiger partial charge in [-0.05, 0) is 43.3 Å². The minimum atomic E-state index is -0.535. The number of benzene rings is 2. The summed E-state index contributed by atoms with van der Waals surface area (Å²) in [6.07, 6.45) is 1.35. The van der Waals surface area contributed by atoms with Gasteiger partial charge in [0.05, 0.1) is 32.7 Å². The van der Waals surface area contributed by atoms with E-state index in [0.29, 0.717) is 28.4 Å². The maximum atomic E-state index is 12.6. The summed E-state index contributed by atoms with van der Waals surface area (Å²) in [5.41, 5.74) is 7.81. The summed E-state index contributed by atoms with van der Waals surface area (Å²) in [6.45, 7) is 1.96. The van der Waals surface area contributed by atoms with Crippen LogP contribution in [0, 0.1) is 0 Å². The van der Waals surface area contributed by atoms with Crippen LogP contribution < -0.4 is 20.5 Å². The van der Waals surface area contributed by atoms with E-state index in [-0.39, 0.29) is 23.9 Å². The van der Waals surface area contributed by atoms with Gasteiger partial charge in [-0.1, -0.05) is 0 Å². The van der Waals surface area contributed by atoms with Crippen molar-refractivity contribution < 1.29 is 23.8 Å². The van der Waals surface area contributed by atoms with Gasteiger partial charge in [0.1, 0.15) is 11.4 Å². The van der Waals surface area contributed by atoms with Gasteiger partial charge in [-0.2, -0.15) is 5.10 Å². The van der Waals surface area contributed by atoms with E-state index in [0.717, 1.165) is 0 Å². The lowest BCUT2D eigenvalue weighted by atomic mass is 10.2. The van der Waals surface area contributed by atoms with Crippen LogP contribution in [0.25, 0.3) is 5.69 Å². The summed E-state index contributed by atoms with van der Waals surface area (Å²) < 4.78 is 16.8. The predicted octanol–water partition coefficient (Wildman–Crippen LogP) is 2.90. The maximum Gasteiger partial charge on any atom is 0.343 e. The van der Waals surface area contributed by atoms with Crippen molar-refractivity contribution in [2.45, 2.75) is 6.92 Å². The smallest absolute Gasteiger partial charge is 0.343 e. The summed E-state index contributed by atoms with van der Waals surface area (Å²) in [7, 11) is 3.07. The van der Waals surface area contributed by atoms with Gasteiger partial charge in [0.25, 0.3) is 5.91 Å². The maximum absolute atomic E-state index is 12.6. The molecule has 0 aliphatic rings. The minimum Gasteiger partial charge on any atom is -0.493 e. The number of amides is 1. The Morgan fingerprint density at radius 1 is 1.07 bits per heavy atom. The molecule has 1 amide bonds. The SMILES string of the molecule is CCOC(=O)c1cnn(-c2ccc(C(=O)Nc3ccc(OC)c(OC)c3)cc2)c1N. The van der Waals surface area contributed by atoms with E-state index >= 15 is 0 Å². The fraction of sp³-hybridized carbons (Fsp3) is 0.190. The number of aromatic nitrogens is 2. The summed E-state index contributed by atoms with van der Waals surface area (Å²) >= 11 is 0. The van der Waals surface area contributed by atoms with Crippen LogP contribution in [-0.2, 0) is 4.74 Å². The second-order valence-electron chi connectivity index (χ2n) is 6.15. The number of nitrogen functional groups attached to an aromatic ring is 1. The zero-order valence-corrected chi connectivity index (χ0v) is 16.8. The van der Waals surface area contributed by atoms with Crippen LogP contribution in [0.4, 0.5) is 11.5 Å². The van der Waals surface area contributed by atoms with Crippen LogP contribution in [-0.4, -0.2) is 42.5 Å². The van der Waals surface area contributed by atoms with Gasteiger partial charge in [-0.15, -0.1) is 0 Å². The second kappa shape index (κ2) is 8.99. The molecule has 0 bridgehead atoms. The number of hydrogen-bond donors (Lipinski definition) is 2. The monoisotopic (exact) mass is 410 g/mol. The third-order valence-corrected chi connectivity index (χ3v) is 4.32. The largest absolute Gasteiger partial charge is 0.493 e. The lowest BCUT2D eigenvalue weighted by Gasteiger charge is -2.11. The molecule has 1 heterocycles. The number of esters is 1. The van der Waals surface area contributed by atoms with E-state index in [4.69, 9.17) is 19.9 Å². The Balaban J connectivity index is 1.76. The number of anilines is 2. The molecule has 0 atom stereocenters.